The van der Waals surface area contributed by atoms with Crippen LogP contribution in [0.15, 0.2) is 59.8 Å². The number of nitrogens with zero attached hydrogens (tertiary/aromatic N) is 3. The minimum Gasteiger partial charge on any atom is -0.493 e. The van der Waals surface area contributed by atoms with Crippen LogP contribution >= 0.6 is 34.8 Å². The number of hydrogen-bond donors (Lipinski definition) is 1. The Labute approximate surface area is 199 Å². The number of hydrogen-bond acceptors (Lipinski definition) is 4. The monoisotopic (exact) mass is 486 g/mol. The number of rotatable bonds is 2. The molecular weight excluding hydrogens is 471 g/mol. The Bertz CT molecular complexity index is 1230. The van der Waals surface area contributed by atoms with Gasteiger partial charge in [0.25, 0.3) is 0 Å². The smallest absolute Gasteiger partial charge is 0.340 e. The fraction of sp³-hybridized carbons (Fsp3) is 0.174. The number of para-hydroxylation sites is 1. The lowest BCUT2D eigenvalue weighted by molar-refractivity contribution is 0.182. The van der Waals surface area contributed by atoms with Crippen molar-refractivity contribution in [3.8, 4) is 16.9 Å². The number of urea groups is 1. The van der Waals surface area contributed by atoms with E-state index < -0.39 is 11.5 Å². The van der Waals surface area contributed by atoms with Gasteiger partial charge < -0.3 is 10.1 Å². The second-order valence-corrected chi connectivity index (χ2v) is 8.56. The summed E-state index contributed by atoms with van der Waals surface area (Å²) in [4.78, 5) is 17.5. The fourth-order valence-electron chi connectivity index (χ4n) is 3.92. The molecule has 2 amide bonds. The molecule has 1 N–H and O–H groups in total. The summed E-state index contributed by atoms with van der Waals surface area (Å²) < 4.78 is 5.67. The molecule has 2 aromatic carbocycles. The van der Waals surface area contributed by atoms with E-state index in [-0.39, 0.29) is 6.04 Å². The van der Waals surface area contributed by atoms with Crippen LogP contribution in [0.2, 0.25) is 10.0 Å². The van der Waals surface area contributed by atoms with Crippen molar-refractivity contribution >= 4 is 47.0 Å². The second-order valence-electron chi connectivity index (χ2n) is 7.36. The van der Waals surface area contributed by atoms with Crippen LogP contribution in [0.1, 0.15) is 34.8 Å². The van der Waals surface area contributed by atoms with Gasteiger partial charge in [0.15, 0.2) is 5.50 Å². The van der Waals surface area contributed by atoms with E-state index in [1.54, 1.807) is 18.5 Å². The maximum absolute atomic E-state index is 13.1. The molecule has 3 heterocycles. The third kappa shape index (κ3) is 3.68. The Morgan fingerprint density at radius 2 is 1.94 bits per heavy atom. The molecule has 0 aliphatic carbocycles. The molecule has 0 radical (unpaired) electrons. The molecule has 0 bridgehead atoms. The molecule has 5 rings (SSSR count). The molecule has 2 aliphatic heterocycles. The second kappa shape index (κ2) is 8.62. The molecule has 0 saturated carbocycles. The number of benzene rings is 2. The minimum atomic E-state index is -0.886. The average molecular weight is 488 g/mol. The fourth-order valence-corrected chi connectivity index (χ4v) is 4.63. The third-order valence-electron chi connectivity index (χ3n) is 5.48. The molecule has 6 nitrogen and oxygen atoms in total. The Kier molecular flexibility index (Phi) is 5.67. The first-order valence-electron chi connectivity index (χ1n) is 9.97. The molecule has 2 aliphatic rings. The Balaban J connectivity index is 1.43. The number of aromatic nitrogens is 1. The number of amides is 2. The van der Waals surface area contributed by atoms with Crippen molar-refractivity contribution in [2.24, 2.45) is 5.10 Å². The van der Waals surface area contributed by atoms with Crippen LogP contribution in [0.25, 0.3) is 11.1 Å². The van der Waals surface area contributed by atoms with Gasteiger partial charge in [0, 0.05) is 29.3 Å². The van der Waals surface area contributed by atoms with Crippen LogP contribution in [-0.2, 0) is 0 Å². The number of hydrazone groups is 1. The highest BCUT2D eigenvalue weighted by atomic mass is 35.5. The van der Waals surface area contributed by atoms with Crippen LogP contribution in [0.4, 0.5) is 4.79 Å². The summed E-state index contributed by atoms with van der Waals surface area (Å²) >= 11 is 19.3. The molecule has 0 saturated heterocycles. The van der Waals surface area contributed by atoms with Crippen molar-refractivity contribution < 1.29 is 9.53 Å². The Morgan fingerprint density at radius 1 is 1.09 bits per heavy atom. The van der Waals surface area contributed by atoms with Crippen molar-refractivity contribution in [3.63, 3.8) is 0 Å². The number of halogens is 3. The lowest BCUT2D eigenvalue weighted by Gasteiger charge is -2.31. The summed E-state index contributed by atoms with van der Waals surface area (Å²) in [7, 11) is 0. The van der Waals surface area contributed by atoms with E-state index in [0.717, 1.165) is 22.4 Å². The van der Waals surface area contributed by atoms with Gasteiger partial charge in [-0.05, 0) is 23.8 Å². The van der Waals surface area contributed by atoms with Crippen molar-refractivity contribution in [1.82, 2.24) is 15.3 Å². The molecule has 162 valence electrons. The van der Waals surface area contributed by atoms with Crippen molar-refractivity contribution in [3.05, 3.63) is 81.6 Å². The normalized spacial score (nSPS) is 19.0. The van der Waals surface area contributed by atoms with Gasteiger partial charge in [0.05, 0.1) is 34.6 Å². The zero-order valence-electron chi connectivity index (χ0n) is 16.6. The average Bonchev–Trinajstić information content (AvgIpc) is 2.81. The topological polar surface area (TPSA) is 66.8 Å². The molecule has 9 heteroatoms. The molecule has 1 aromatic heterocycles. The summed E-state index contributed by atoms with van der Waals surface area (Å²) in [6.07, 6.45) is 3.86. The summed E-state index contributed by atoms with van der Waals surface area (Å²) in [5.41, 5.74) is 2.77. The quantitative estimate of drug-likeness (QED) is 0.347. The van der Waals surface area contributed by atoms with Crippen LogP contribution < -0.4 is 10.1 Å². The summed E-state index contributed by atoms with van der Waals surface area (Å²) in [6, 6.07) is 14.3. The molecule has 3 aromatic rings. The first-order chi connectivity index (χ1) is 15.5. The Morgan fingerprint density at radius 3 is 2.81 bits per heavy atom. The molecule has 0 fully saturated rings. The van der Waals surface area contributed by atoms with Crippen LogP contribution in [0.3, 0.4) is 0 Å². The van der Waals surface area contributed by atoms with E-state index >= 15 is 0 Å². The van der Waals surface area contributed by atoms with Crippen LogP contribution in [-0.4, -0.2) is 28.8 Å². The summed E-state index contributed by atoms with van der Waals surface area (Å²) in [5.74, 6) is 0.767. The molecular formula is C23H17Cl3N4O2. The van der Waals surface area contributed by atoms with Crippen molar-refractivity contribution in [2.75, 3.05) is 6.61 Å². The van der Waals surface area contributed by atoms with Gasteiger partial charge in [-0.15, -0.1) is 0 Å². The predicted molar refractivity (Wildman–Crippen MR) is 126 cm³/mol. The van der Waals surface area contributed by atoms with Crippen LogP contribution in [0, 0.1) is 0 Å². The number of pyridine rings is 1. The number of fused-ring (bicyclic) bond motifs is 2. The maximum atomic E-state index is 13.1. The van der Waals surface area contributed by atoms with Gasteiger partial charge in [-0.3, -0.25) is 4.98 Å². The zero-order chi connectivity index (χ0) is 22.2. The number of nitrogens with one attached hydrogen (secondary N) is 1. The van der Waals surface area contributed by atoms with E-state index in [1.807, 2.05) is 42.5 Å². The largest absolute Gasteiger partial charge is 0.493 e. The first kappa shape index (κ1) is 21.1. The van der Waals surface area contributed by atoms with Crippen LogP contribution in [0.5, 0.6) is 5.75 Å². The minimum absolute atomic E-state index is 0.197. The lowest BCUT2D eigenvalue weighted by Crippen LogP contribution is -2.42. The maximum Gasteiger partial charge on any atom is 0.340 e. The zero-order valence-corrected chi connectivity index (χ0v) is 18.9. The van der Waals surface area contributed by atoms with E-state index in [4.69, 9.17) is 39.5 Å². The van der Waals surface area contributed by atoms with E-state index in [9.17, 15) is 4.79 Å². The molecule has 32 heavy (non-hydrogen) atoms. The molecule has 0 spiro atoms. The first-order valence-corrected chi connectivity index (χ1v) is 11.2. The molecule has 1 unspecified atom stereocenters. The van der Waals surface area contributed by atoms with E-state index in [2.05, 4.69) is 15.4 Å². The highest BCUT2D eigenvalue weighted by Gasteiger charge is 2.33. The summed E-state index contributed by atoms with van der Waals surface area (Å²) in [5, 5.41) is 9.41. The SMILES string of the molecule is O=C(N[C@H]1CCOc2ccccc21)N1N=Cc2c(-c3cccc(Cl)c3Cl)ccnc2C1Cl. The highest BCUT2D eigenvalue weighted by Crippen LogP contribution is 2.39. The lowest BCUT2D eigenvalue weighted by atomic mass is 9.98. The summed E-state index contributed by atoms with van der Waals surface area (Å²) in [6.45, 7) is 0.518. The van der Waals surface area contributed by atoms with Gasteiger partial charge >= 0.3 is 6.03 Å². The number of alkyl halides is 1. The van der Waals surface area contributed by atoms with Gasteiger partial charge in [0.2, 0.25) is 0 Å². The van der Waals surface area contributed by atoms with Gasteiger partial charge in [-0.2, -0.15) is 10.1 Å². The number of carbonyl (C=O) groups excluding carboxylic acids is 1. The molecule has 2 atom stereocenters. The van der Waals surface area contributed by atoms with E-state index in [1.165, 1.54) is 5.01 Å². The Hall–Kier alpha value is -2.80. The van der Waals surface area contributed by atoms with Crippen molar-refractivity contribution in [2.45, 2.75) is 18.0 Å². The standard InChI is InChI=1S/C23H17Cl3N4O2/c24-17-6-3-5-14(20(17)25)13-8-10-27-21-16(13)12-28-30(22(21)26)23(31)29-18-9-11-32-19-7-2-1-4-15(18)19/h1-8,10,12,18,22H,9,11H2,(H,29,31)/t18-,22?/m0/s1. The van der Waals surface area contributed by atoms with E-state index in [0.29, 0.717) is 34.3 Å². The van der Waals surface area contributed by atoms with Gasteiger partial charge in [0.1, 0.15) is 5.75 Å². The highest BCUT2D eigenvalue weighted by molar-refractivity contribution is 6.43. The number of carbonyl (C=O) groups is 1. The predicted octanol–water partition coefficient (Wildman–Crippen LogP) is 6.18. The number of ether oxygens (including phenoxy) is 1. The van der Waals surface area contributed by atoms with Gasteiger partial charge in [-0.25, -0.2) is 4.79 Å². The third-order valence-corrected chi connectivity index (χ3v) is 6.69. The van der Waals surface area contributed by atoms with Gasteiger partial charge in [-0.1, -0.05) is 65.1 Å². The van der Waals surface area contributed by atoms with Crippen molar-refractivity contribution in [1.29, 1.82) is 0 Å².